The van der Waals surface area contributed by atoms with E-state index in [1.165, 1.54) is 0 Å². The number of hydrogen-bond acceptors (Lipinski definition) is 6. The number of aromatic nitrogens is 5. The molecular weight excluding hydrogens is 364 g/mol. The van der Waals surface area contributed by atoms with E-state index in [0.717, 1.165) is 52.9 Å². The first-order valence-electron chi connectivity index (χ1n) is 9.79. The Bertz CT molecular complexity index is 1230. The third-order valence-corrected chi connectivity index (χ3v) is 5.52. The first-order valence-corrected chi connectivity index (χ1v) is 9.79. The molecule has 5 rings (SSSR count). The second kappa shape index (κ2) is 7.22. The van der Waals surface area contributed by atoms with Gasteiger partial charge in [0.15, 0.2) is 0 Å². The van der Waals surface area contributed by atoms with Crippen molar-refractivity contribution in [3.05, 3.63) is 60.1 Å². The minimum Gasteiger partial charge on any atom is -0.378 e. The average molecular weight is 384 g/mol. The van der Waals surface area contributed by atoms with E-state index in [4.69, 9.17) is 9.72 Å². The highest BCUT2D eigenvalue weighted by molar-refractivity contribution is 6.02. The molecule has 1 aliphatic rings. The fraction of sp³-hybridized carbons (Fsp3) is 0.318. The molecule has 0 aliphatic carbocycles. The number of ether oxygens (including phenoxy) is 1. The Labute approximate surface area is 168 Å². The molecule has 0 spiro atoms. The van der Waals surface area contributed by atoms with Gasteiger partial charge in [0, 0.05) is 30.7 Å². The van der Waals surface area contributed by atoms with Crippen LogP contribution < -0.4 is 0 Å². The predicted molar refractivity (Wildman–Crippen MR) is 108 cm³/mol. The Balaban J connectivity index is 1.76. The quantitative estimate of drug-likeness (QED) is 0.536. The first kappa shape index (κ1) is 17.7. The number of pyridine rings is 1. The smallest absolute Gasteiger partial charge is 0.116 e. The lowest BCUT2D eigenvalue weighted by Gasteiger charge is -2.30. The molecule has 0 bridgehead atoms. The molecule has 3 aromatic heterocycles. The molecule has 4 heterocycles. The van der Waals surface area contributed by atoms with Gasteiger partial charge in [-0.2, -0.15) is 5.26 Å². The zero-order chi connectivity index (χ0) is 19.8. The molecule has 0 amide bonds. The minimum absolute atomic E-state index is 0.195. The lowest BCUT2D eigenvalue weighted by Crippen LogP contribution is -2.26. The van der Waals surface area contributed by atoms with E-state index in [2.05, 4.69) is 32.5 Å². The third-order valence-electron chi connectivity index (χ3n) is 5.52. The summed E-state index contributed by atoms with van der Waals surface area (Å²) in [4.78, 5) is 17.9. The highest BCUT2D eigenvalue weighted by Gasteiger charge is 2.26. The van der Waals surface area contributed by atoms with Gasteiger partial charge in [-0.25, -0.2) is 15.0 Å². The number of fused-ring (bicyclic) bond motifs is 3. The van der Waals surface area contributed by atoms with E-state index in [1.54, 1.807) is 18.6 Å². The van der Waals surface area contributed by atoms with Crippen molar-refractivity contribution in [2.24, 2.45) is 0 Å². The summed E-state index contributed by atoms with van der Waals surface area (Å²) >= 11 is 0. The Kier molecular flexibility index (Phi) is 4.41. The summed E-state index contributed by atoms with van der Waals surface area (Å²) in [6.07, 6.45) is 7.80. The molecule has 1 aliphatic heterocycles. The second-order valence-corrected chi connectivity index (χ2v) is 7.47. The average Bonchev–Trinajstić information content (AvgIpc) is 3.12. The van der Waals surface area contributed by atoms with Crippen molar-refractivity contribution in [2.75, 3.05) is 6.61 Å². The summed E-state index contributed by atoms with van der Waals surface area (Å²) in [6.45, 7) is 2.84. The lowest BCUT2D eigenvalue weighted by molar-refractivity contribution is 0.00631. The predicted octanol–water partition coefficient (Wildman–Crippen LogP) is 3.58. The molecule has 0 saturated carbocycles. The lowest BCUT2D eigenvalue weighted by atomic mass is 10.0. The van der Waals surface area contributed by atoms with Crippen LogP contribution in [0.15, 0.2) is 43.0 Å². The van der Waals surface area contributed by atoms with Gasteiger partial charge in [0.2, 0.25) is 0 Å². The van der Waals surface area contributed by atoms with Crippen LogP contribution in [-0.2, 0) is 11.2 Å². The van der Waals surface area contributed by atoms with Crippen LogP contribution in [0.25, 0.3) is 21.9 Å². The van der Waals surface area contributed by atoms with Gasteiger partial charge in [-0.3, -0.25) is 4.98 Å². The van der Waals surface area contributed by atoms with E-state index >= 15 is 0 Å². The van der Waals surface area contributed by atoms with Crippen LogP contribution in [0.4, 0.5) is 0 Å². The van der Waals surface area contributed by atoms with Gasteiger partial charge in [0.05, 0.1) is 40.7 Å². The van der Waals surface area contributed by atoms with Crippen molar-refractivity contribution in [2.45, 2.75) is 38.3 Å². The van der Waals surface area contributed by atoms with Gasteiger partial charge in [-0.05, 0) is 44.0 Å². The van der Waals surface area contributed by atoms with Gasteiger partial charge >= 0.3 is 0 Å². The van der Waals surface area contributed by atoms with Gasteiger partial charge in [0.1, 0.15) is 17.7 Å². The van der Waals surface area contributed by atoms with Crippen LogP contribution in [0.2, 0.25) is 0 Å². The molecule has 1 fully saturated rings. The van der Waals surface area contributed by atoms with Crippen molar-refractivity contribution in [1.29, 1.82) is 5.26 Å². The van der Waals surface area contributed by atoms with Gasteiger partial charge in [-0.1, -0.05) is 0 Å². The minimum atomic E-state index is 0.195. The van der Waals surface area contributed by atoms with Gasteiger partial charge < -0.3 is 9.30 Å². The summed E-state index contributed by atoms with van der Waals surface area (Å²) in [5.41, 5.74) is 4.29. The first-order chi connectivity index (χ1) is 14.2. The van der Waals surface area contributed by atoms with E-state index in [1.807, 2.05) is 24.4 Å². The van der Waals surface area contributed by atoms with E-state index in [9.17, 15) is 5.26 Å². The molecule has 7 nitrogen and oxygen atoms in total. The highest BCUT2D eigenvalue weighted by Crippen LogP contribution is 2.34. The van der Waals surface area contributed by atoms with Crippen molar-refractivity contribution in [3.63, 3.8) is 0 Å². The Hall–Kier alpha value is -3.37. The SMILES string of the molecule is C[C@@H]1C[C@H](n2c(Cc3ccncn3)nc3cnc4ccc(C#N)cc4c32)CCO1. The standard InChI is InChI=1S/C22H20N6O/c1-14-8-17(5-7-29-14)28-21(10-16-4-6-24-13-26-16)27-20-12-25-19-3-2-15(11-23)9-18(19)22(20)28/h2-4,6,9,12-14,17H,5,7-8,10H2,1H3/t14-,17-/m1/s1. The van der Waals surface area contributed by atoms with Crippen molar-refractivity contribution >= 4 is 21.9 Å². The number of benzene rings is 1. The Morgan fingerprint density at radius 3 is 2.97 bits per heavy atom. The monoisotopic (exact) mass is 384 g/mol. The Morgan fingerprint density at radius 2 is 2.17 bits per heavy atom. The number of hydrogen-bond donors (Lipinski definition) is 0. The summed E-state index contributed by atoms with van der Waals surface area (Å²) in [5, 5.41) is 10.4. The molecule has 7 heteroatoms. The topological polar surface area (TPSA) is 89.5 Å². The van der Waals surface area contributed by atoms with Crippen molar-refractivity contribution < 1.29 is 4.74 Å². The molecular formula is C22H20N6O. The van der Waals surface area contributed by atoms with Crippen LogP contribution in [-0.4, -0.2) is 37.2 Å². The number of imidazole rings is 1. The fourth-order valence-corrected chi connectivity index (χ4v) is 4.21. The maximum absolute atomic E-state index is 9.40. The zero-order valence-corrected chi connectivity index (χ0v) is 16.1. The summed E-state index contributed by atoms with van der Waals surface area (Å²) in [6, 6.07) is 10.1. The maximum Gasteiger partial charge on any atom is 0.116 e. The molecule has 1 saturated heterocycles. The third kappa shape index (κ3) is 3.22. The van der Waals surface area contributed by atoms with Gasteiger partial charge in [-0.15, -0.1) is 0 Å². The molecule has 0 N–H and O–H groups in total. The number of rotatable bonds is 3. The molecule has 1 aromatic carbocycles. The van der Waals surface area contributed by atoms with Crippen LogP contribution >= 0.6 is 0 Å². The number of nitrogens with zero attached hydrogens (tertiary/aromatic N) is 6. The second-order valence-electron chi connectivity index (χ2n) is 7.47. The van der Waals surface area contributed by atoms with Crippen LogP contribution in [0.1, 0.15) is 42.9 Å². The molecule has 0 radical (unpaired) electrons. The fourth-order valence-electron chi connectivity index (χ4n) is 4.21. The zero-order valence-electron chi connectivity index (χ0n) is 16.1. The van der Waals surface area contributed by atoms with Crippen LogP contribution in [0.5, 0.6) is 0 Å². The largest absolute Gasteiger partial charge is 0.378 e. The van der Waals surface area contributed by atoms with Crippen LogP contribution in [0, 0.1) is 11.3 Å². The van der Waals surface area contributed by atoms with E-state index in [0.29, 0.717) is 12.0 Å². The van der Waals surface area contributed by atoms with Crippen molar-refractivity contribution in [3.8, 4) is 6.07 Å². The summed E-state index contributed by atoms with van der Waals surface area (Å²) in [5.74, 6) is 0.953. The molecule has 4 aromatic rings. The van der Waals surface area contributed by atoms with Crippen molar-refractivity contribution in [1.82, 2.24) is 24.5 Å². The summed E-state index contributed by atoms with van der Waals surface area (Å²) in [7, 11) is 0. The molecule has 2 atom stereocenters. The molecule has 144 valence electrons. The van der Waals surface area contributed by atoms with E-state index < -0.39 is 0 Å². The Morgan fingerprint density at radius 1 is 1.24 bits per heavy atom. The normalized spacial score (nSPS) is 19.4. The summed E-state index contributed by atoms with van der Waals surface area (Å²) < 4.78 is 8.13. The number of nitriles is 1. The highest BCUT2D eigenvalue weighted by atomic mass is 16.5. The van der Waals surface area contributed by atoms with Gasteiger partial charge in [0.25, 0.3) is 0 Å². The van der Waals surface area contributed by atoms with E-state index in [-0.39, 0.29) is 12.1 Å². The maximum atomic E-state index is 9.40. The molecule has 0 unspecified atom stereocenters. The molecule has 29 heavy (non-hydrogen) atoms. The van der Waals surface area contributed by atoms with Crippen LogP contribution in [0.3, 0.4) is 0 Å².